The van der Waals surface area contributed by atoms with Gasteiger partial charge < -0.3 is 15.5 Å². The zero-order valence-corrected chi connectivity index (χ0v) is 12.5. The molecule has 116 valence electrons. The summed E-state index contributed by atoms with van der Waals surface area (Å²) in [6.45, 7) is 1.77. The SMILES string of the molecule is Cc1nc2ccc(CC(=O)Nc3ccccc3C(N)=O)cc2o1. The van der Waals surface area contributed by atoms with Crippen molar-refractivity contribution >= 4 is 28.6 Å². The average molecular weight is 309 g/mol. The van der Waals surface area contributed by atoms with Gasteiger partial charge in [0.25, 0.3) is 5.91 Å². The van der Waals surface area contributed by atoms with Crippen molar-refractivity contribution in [1.29, 1.82) is 0 Å². The molecule has 6 nitrogen and oxygen atoms in total. The maximum absolute atomic E-state index is 12.2. The lowest BCUT2D eigenvalue weighted by atomic mass is 10.1. The van der Waals surface area contributed by atoms with Gasteiger partial charge in [-0.05, 0) is 29.8 Å². The van der Waals surface area contributed by atoms with Crippen molar-refractivity contribution < 1.29 is 14.0 Å². The minimum Gasteiger partial charge on any atom is -0.441 e. The van der Waals surface area contributed by atoms with Crippen LogP contribution in [0.5, 0.6) is 0 Å². The van der Waals surface area contributed by atoms with Gasteiger partial charge in [0.05, 0.1) is 17.7 Å². The molecule has 0 radical (unpaired) electrons. The molecule has 2 aromatic carbocycles. The molecule has 0 aliphatic rings. The first-order valence-corrected chi connectivity index (χ1v) is 7.07. The standard InChI is InChI=1S/C17H15N3O3/c1-10-19-14-7-6-11(8-15(14)23-10)9-16(21)20-13-5-3-2-4-12(13)17(18)22/h2-8H,9H2,1H3,(H2,18,22)(H,20,21). The normalized spacial score (nSPS) is 10.7. The quantitative estimate of drug-likeness (QED) is 0.773. The molecule has 0 aliphatic carbocycles. The summed E-state index contributed by atoms with van der Waals surface area (Å²) in [6.07, 6.45) is 0.156. The summed E-state index contributed by atoms with van der Waals surface area (Å²) in [5.41, 5.74) is 8.18. The smallest absolute Gasteiger partial charge is 0.250 e. The number of aryl methyl sites for hydroxylation is 1. The average Bonchev–Trinajstić information content (AvgIpc) is 2.86. The molecule has 0 saturated carbocycles. The van der Waals surface area contributed by atoms with E-state index < -0.39 is 5.91 Å². The molecule has 0 atom stereocenters. The van der Waals surface area contributed by atoms with Crippen molar-refractivity contribution in [3.8, 4) is 0 Å². The van der Waals surface area contributed by atoms with E-state index in [1.165, 1.54) is 0 Å². The Morgan fingerprint density at radius 1 is 1.22 bits per heavy atom. The summed E-state index contributed by atoms with van der Waals surface area (Å²) < 4.78 is 5.45. The minimum absolute atomic E-state index is 0.156. The monoisotopic (exact) mass is 309 g/mol. The maximum Gasteiger partial charge on any atom is 0.250 e. The van der Waals surface area contributed by atoms with Crippen molar-refractivity contribution in [3.63, 3.8) is 0 Å². The molecule has 0 fully saturated rings. The van der Waals surface area contributed by atoms with Gasteiger partial charge in [0.1, 0.15) is 5.52 Å². The molecule has 0 aliphatic heterocycles. The maximum atomic E-state index is 12.2. The summed E-state index contributed by atoms with van der Waals surface area (Å²) in [4.78, 5) is 27.8. The number of nitrogens with zero attached hydrogens (tertiary/aromatic N) is 1. The molecule has 0 spiro atoms. The first-order valence-electron chi connectivity index (χ1n) is 7.07. The number of primary amides is 1. The molecule has 2 amide bonds. The Hall–Kier alpha value is -3.15. The molecule has 3 rings (SSSR count). The number of rotatable bonds is 4. The second-order valence-electron chi connectivity index (χ2n) is 5.17. The van der Waals surface area contributed by atoms with E-state index in [1.807, 2.05) is 12.1 Å². The van der Waals surface area contributed by atoms with Crippen LogP contribution in [0.2, 0.25) is 0 Å². The number of anilines is 1. The lowest BCUT2D eigenvalue weighted by Gasteiger charge is -2.08. The Bertz CT molecular complexity index is 899. The summed E-state index contributed by atoms with van der Waals surface area (Å²) in [7, 11) is 0. The Morgan fingerprint density at radius 2 is 2.00 bits per heavy atom. The molecule has 3 N–H and O–H groups in total. The predicted molar refractivity (Wildman–Crippen MR) is 86.0 cm³/mol. The van der Waals surface area contributed by atoms with Crippen LogP contribution in [0.25, 0.3) is 11.1 Å². The van der Waals surface area contributed by atoms with E-state index in [0.29, 0.717) is 17.2 Å². The van der Waals surface area contributed by atoms with E-state index in [-0.39, 0.29) is 17.9 Å². The van der Waals surface area contributed by atoms with E-state index >= 15 is 0 Å². The lowest BCUT2D eigenvalue weighted by Crippen LogP contribution is -2.19. The Kier molecular flexibility index (Phi) is 3.80. The Labute approximate surface area is 132 Å². The molecule has 6 heteroatoms. The van der Waals surface area contributed by atoms with Crippen molar-refractivity contribution in [2.75, 3.05) is 5.32 Å². The second-order valence-corrected chi connectivity index (χ2v) is 5.17. The van der Waals surface area contributed by atoms with Gasteiger partial charge >= 0.3 is 0 Å². The molecule has 1 heterocycles. The molecule has 23 heavy (non-hydrogen) atoms. The third-order valence-electron chi connectivity index (χ3n) is 3.39. The Morgan fingerprint density at radius 3 is 2.78 bits per heavy atom. The number of para-hydroxylation sites is 1. The first-order chi connectivity index (χ1) is 11.0. The zero-order chi connectivity index (χ0) is 16.4. The summed E-state index contributed by atoms with van der Waals surface area (Å²) in [5, 5.41) is 2.71. The second kappa shape index (κ2) is 5.92. The summed E-state index contributed by atoms with van der Waals surface area (Å²) >= 11 is 0. The third-order valence-corrected chi connectivity index (χ3v) is 3.39. The molecule has 1 aromatic heterocycles. The van der Waals surface area contributed by atoms with Crippen LogP contribution in [-0.2, 0) is 11.2 Å². The summed E-state index contributed by atoms with van der Waals surface area (Å²) in [5.74, 6) is -0.245. The molecule has 3 aromatic rings. The fourth-order valence-electron chi connectivity index (χ4n) is 2.38. The van der Waals surface area contributed by atoms with Gasteiger partial charge in [-0.1, -0.05) is 18.2 Å². The third kappa shape index (κ3) is 3.21. The minimum atomic E-state index is -0.584. The van der Waals surface area contributed by atoms with E-state index in [0.717, 1.165) is 11.1 Å². The van der Waals surface area contributed by atoms with Crippen molar-refractivity contribution in [2.24, 2.45) is 5.73 Å². The lowest BCUT2D eigenvalue weighted by molar-refractivity contribution is -0.115. The van der Waals surface area contributed by atoms with Crippen LogP contribution in [0.1, 0.15) is 21.8 Å². The number of benzene rings is 2. The van der Waals surface area contributed by atoms with Crippen molar-refractivity contribution in [1.82, 2.24) is 4.98 Å². The number of hydrogen-bond acceptors (Lipinski definition) is 4. The van der Waals surface area contributed by atoms with E-state index in [4.69, 9.17) is 10.2 Å². The molecular formula is C17H15N3O3. The molecule has 0 saturated heterocycles. The van der Waals surface area contributed by atoms with Crippen LogP contribution in [-0.4, -0.2) is 16.8 Å². The number of carbonyl (C=O) groups is 2. The highest BCUT2D eigenvalue weighted by molar-refractivity contribution is 6.03. The fraction of sp³-hybridized carbons (Fsp3) is 0.118. The van der Waals surface area contributed by atoms with E-state index in [2.05, 4.69) is 10.3 Å². The van der Waals surface area contributed by atoms with Crippen LogP contribution >= 0.6 is 0 Å². The zero-order valence-electron chi connectivity index (χ0n) is 12.5. The highest BCUT2D eigenvalue weighted by Gasteiger charge is 2.11. The van der Waals surface area contributed by atoms with Crippen LogP contribution in [0.3, 0.4) is 0 Å². The number of aromatic nitrogens is 1. The van der Waals surface area contributed by atoms with Crippen LogP contribution in [0.4, 0.5) is 5.69 Å². The van der Waals surface area contributed by atoms with Gasteiger partial charge in [-0.25, -0.2) is 4.98 Å². The largest absolute Gasteiger partial charge is 0.441 e. The van der Waals surface area contributed by atoms with Crippen LogP contribution in [0, 0.1) is 6.92 Å². The number of hydrogen-bond donors (Lipinski definition) is 2. The van der Waals surface area contributed by atoms with Gasteiger partial charge in [0.15, 0.2) is 11.5 Å². The molecule has 0 unspecified atom stereocenters. The van der Waals surface area contributed by atoms with Gasteiger partial charge in [0, 0.05) is 6.92 Å². The van der Waals surface area contributed by atoms with Crippen molar-refractivity contribution in [3.05, 3.63) is 59.5 Å². The highest BCUT2D eigenvalue weighted by atomic mass is 16.3. The number of nitrogens with one attached hydrogen (secondary N) is 1. The summed E-state index contributed by atoms with van der Waals surface area (Å²) in [6, 6.07) is 12.0. The number of amides is 2. The van der Waals surface area contributed by atoms with Crippen LogP contribution < -0.4 is 11.1 Å². The fourth-order valence-corrected chi connectivity index (χ4v) is 2.38. The number of nitrogens with two attached hydrogens (primary N) is 1. The van der Waals surface area contributed by atoms with Gasteiger partial charge in [0.2, 0.25) is 5.91 Å². The molecular weight excluding hydrogens is 294 g/mol. The topological polar surface area (TPSA) is 98.2 Å². The van der Waals surface area contributed by atoms with E-state index in [9.17, 15) is 9.59 Å². The number of carbonyl (C=O) groups excluding carboxylic acids is 2. The number of fused-ring (bicyclic) bond motifs is 1. The Balaban J connectivity index is 1.77. The molecule has 0 bridgehead atoms. The number of oxazole rings is 1. The highest BCUT2D eigenvalue weighted by Crippen LogP contribution is 2.18. The van der Waals surface area contributed by atoms with Crippen LogP contribution in [0.15, 0.2) is 46.9 Å². The first kappa shape index (κ1) is 14.8. The van der Waals surface area contributed by atoms with Gasteiger partial charge in [-0.15, -0.1) is 0 Å². The van der Waals surface area contributed by atoms with Crippen molar-refractivity contribution in [2.45, 2.75) is 13.3 Å². The van der Waals surface area contributed by atoms with Gasteiger partial charge in [-0.3, -0.25) is 9.59 Å². The van der Waals surface area contributed by atoms with Gasteiger partial charge in [-0.2, -0.15) is 0 Å². The predicted octanol–water partition coefficient (Wildman–Crippen LogP) is 2.42. The van der Waals surface area contributed by atoms with E-state index in [1.54, 1.807) is 37.3 Å².